The molecule has 0 spiro atoms. The smallest absolute Gasteiger partial charge is 0.344 e. The van der Waals surface area contributed by atoms with Crippen LogP contribution >= 0.6 is 0 Å². The SMILES string of the molecule is C[C@@H](NC(=O)c1ccc(-c2cc3ccccc3oc2=O)cc1)C12CC3CC(CC(C3)C1)C2. The summed E-state index contributed by atoms with van der Waals surface area (Å²) >= 11 is 0. The Morgan fingerprint density at radius 2 is 1.59 bits per heavy atom. The van der Waals surface area contributed by atoms with E-state index in [1.807, 2.05) is 48.5 Å². The highest BCUT2D eigenvalue weighted by Crippen LogP contribution is 2.61. The first-order valence-electron chi connectivity index (χ1n) is 11.9. The Morgan fingerprint density at radius 1 is 0.969 bits per heavy atom. The maximum atomic E-state index is 13.0. The first-order valence-corrected chi connectivity index (χ1v) is 11.9. The fourth-order valence-electron chi connectivity index (χ4n) is 7.21. The van der Waals surface area contributed by atoms with Gasteiger partial charge in [0.1, 0.15) is 5.58 Å². The molecule has 3 aromatic rings. The summed E-state index contributed by atoms with van der Waals surface area (Å²) in [6, 6.07) is 16.8. The van der Waals surface area contributed by atoms with Crippen LogP contribution in [0.2, 0.25) is 0 Å². The minimum Gasteiger partial charge on any atom is -0.422 e. The standard InChI is InChI=1S/C28H29NO3/c1-17(28-14-18-10-19(15-28)12-20(11-18)16-28)29-26(30)22-8-6-21(7-9-22)24-13-23-4-2-3-5-25(23)32-27(24)31/h2-9,13,17-20H,10-12,14-16H2,1H3,(H,29,30)/t17-,18?,19?,20?,28?/m1/s1. The Morgan fingerprint density at radius 3 is 2.25 bits per heavy atom. The number of para-hydroxylation sites is 1. The van der Waals surface area contributed by atoms with E-state index in [1.54, 1.807) is 6.07 Å². The average Bonchev–Trinajstić information content (AvgIpc) is 2.78. The lowest BCUT2D eigenvalue weighted by Gasteiger charge is -2.59. The minimum atomic E-state index is -0.364. The monoisotopic (exact) mass is 427 g/mol. The number of fused-ring (bicyclic) bond motifs is 1. The molecule has 1 heterocycles. The number of carbonyl (C=O) groups excluding carboxylic acids is 1. The van der Waals surface area contributed by atoms with Crippen molar-refractivity contribution in [3.05, 3.63) is 70.6 Å². The predicted molar refractivity (Wildman–Crippen MR) is 125 cm³/mol. The highest BCUT2D eigenvalue weighted by Gasteiger charge is 2.53. The maximum Gasteiger partial charge on any atom is 0.344 e. The number of rotatable bonds is 4. The van der Waals surface area contributed by atoms with E-state index in [0.717, 1.165) is 28.7 Å². The van der Waals surface area contributed by atoms with E-state index in [0.29, 0.717) is 16.7 Å². The Kier molecular flexibility index (Phi) is 4.53. The maximum absolute atomic E-state index is 13.0. The van der Waals surface area contributed by atoms with Gasteiger partial charge in [-0.25, -0.2) is 4.79 Å². The van der Waals surface area contributed by atoms with E-state index < -0.39 is 0 Å². The second-order valence-corrected chi connectivity index (χ2v) is 10.5. The highest BCUT2D eigenvalue weighted by atomic mass is 16.4. The number of nitrogens with one attached hydrogen (secondary N) is 1. The van der Waals surface area contributed by atoms with Crippen molar-refractivity contribution in [1.82, 2.24) is 5.32 Å². The van der Waals surface area contributed by atoms with Gasteiger partial charge in [0.05, 0.1) is 5.56 Å². The van der Waals surface area contributed by atoms with Gasteiger partial charge >= 0.3 is 5.63 Å². The molecule has 1 aromatic heterocycles. The molecule has 7 rings (SSSR count). The van der Waals surface area contributed by atoms with E-state index in [-0.39, 0.29) is 23.0 Å². The molecule has 0 aliphatic heterocycles. The van der Waals surface area contributed by atoms with Crippen LogP contribution in [0.25, 0.3) is 22.1 Å². The molecule has 2 aromatic carbocycles. The van der Waals surface area contributed by atoms with Crippen LogP contribution in [-0.4, -0.2) is 11.9 Å². The van der Waals surface area contributed by atoms with Crippen molar-refractivity contribution in [1.29, 1.82) is 0 Å². The van der Waals surface area contributed by atoms with E-state index in [2.05, 4.69) is 12.2 Å². The van der Waals surface area contributed by atoms with Crippen molar-refractivity contribution in [2.24, 2.45) is 23.2 Å². The highest BCUT2D eigenvalue weighted by molar-refractivity contribution is 5.95. The molecule has 4 heteroatoms. The van der Waals surface area contributed by atoms with Crippen LogP contribution < -0.4 is 10.9 Å². The van der Waals surface area contributed by atoms with E-state index in [1.165, 1.54) is 38.5 Å². The Labute approximate surface area is 188 Å². The molecule has 0 saturated heterocycles. The lowest BCUT2D eigenvalue weighted by Crippen LogP contribution is -2.55. The summed E-state index contributed by atoms with van der Waals surface area (Å²) in [6.45, 7) is 2.21. The van der Waals surface area contributed by atoms with Crippen molar-refractivity contribution >= 4 is 16.9 Å². The van der Waals surface area contributed by atoms with Crippen LogP contribution in [0, 0.1) is 23.2 Å². The zero-order valence-electron chi connectivity index (χ0n) is 18.5. The number of carbonyl (C=O) groups is 1. The Hall–Kier alpha value is -2.88. The van der Waals surface area contributed by atoms with Gasteiger partial charge in [-0.3, -0.25) is 4.79 Å². The second kappa shape index (κ2) is 7.33. The fourth-order valence-corrected chi connectivity index (χ4v) is 7.21. The molecule has 0 unspecified atom stereocenters. The summed E-state index contributed by atoms with van der Waals surface area (Å²) in [6.07, 6.45) is 8.05. The first kappa shape index (κ1) is 19.8. The molecule has 4 aliphatic rings. The van der Waals surface area contributed by atoms with Crippen LogP contribution in [0.1, 0.15) is 55.8 Å². The van der Waals surface area contributed by atoms with Crippen molar-refractivity contribution < 1.29 is 9.21 Å². The molecule has 1 amide bonds. The van der Waals surface area contributed by atoms with Gasteiger partial charge in [0.15, 0.2) is 0 Å². The topological polar surface area (TPSA) is 59.3 Å². The zero-order valence-corrected chi connectivity index (χ0v) is 18.5. The summed E-state index contributed by atoms with van der Waals surface area (Å²) in [7, 11) is 0. The van der Waals surface area contributed by atoms with Crippen molar-refractivity contribution in [2.75, 3.05) is 0 Å². The van der Waals surface area contributed by atoms with E-state index >= 15 is 0 Å². The lowest BCUT2D eigenvalue weighted by molar-refractivity contribution is -0.0688. The van der Waals surface area contributed by atoms with Crippen LogP contribution in [0.15, 0.2) is 63.8 Å². The minimum absolute atomic E-state index is 0.0228. The number of amides is 1. The van der Waals surface area contributed by atoms with Gasteiger partial charge in [-0.2, -0.15) is 0 Å². The normalized spacial score (nSPS) is 29.2. The molecule has 164 valence electrons. The van der Waals surface area contributed by atoms with Crippen molar-refractivity contribution in [3.63, 3.8) is 0 Å². The zero-order chi connectivity index (χ0) is 21.9. The quantitative estimate of drug-likeness (QED) is 0.536. The third kappa shape index (κ3) is 3.28. The van der Waals surface area contributed by atoms with Crippen LogP contribution in [-0.2, 0) is 0 Å². The van der Waals surface area contributed by atoms with Gasteiger partial charge in [0, 0.05) is 17.0 Å². The summed E-state index contributed by atoms with van der Waals surface area (Å²) < 4.78 is 5.46. The molecule has 32 heavy (non-hydrogen) atoms. The third-order valence-corrected chi connectivity index (χ3v) is 8.45. The molecule has 4 fully saturated rings. The second-order valence-electron chi connectivity index (χ2n) is 10.5. The molecule has 1 atom stereocenters. The van der Waals surface area contributed by atoms with Gasteiger partial charge < -0.3 is 9.73 Å². The molecule has 4 aliphatic carbocycles. The molecular formula is C28H29NO3. The summed E-state index contributed by atoms with van der Waals surface area (Å²) in [5.41, 5.74) is 2.41. The average molecular weight is 428 g/mol. The predicted octanol–water partition coefficient (Wildman–Crippen LogP) is 5.79. The summed E-state index contributed by atoms with van der Waals surface area (Å²) in [5, 5.41) is 4.21. The Balaban J connectivity index is 1.20. The molecule has 4 saturated carbocycles. The molecular weight excluding hydrogens is 398 g/mol. The van der Waals surface area contributed by atoms with E-state index in [4.69, 9.17) is 4.42 Å². The van der Waals surface area contributed by atoms with E-state index in [9.17, 15) is 9.59 Å². The van der Waals surface area contributed by atoms with Crippen LogP contribution in [0.5, 0.6) is 0 Å². The van der Waals surface area contributed by atoms with Gasteiger partial charge in [-0.1, -0.05) is 30.3 Å². The molecule has 4 bridgehead atoms. The van der Waals surface area contributed by atoms with Crippen molar-refractivity contribution in [3.8, 4) is 11.1 Å². The lowest BCUT2D eigenvalue weighted by atomic mass is 9.48. The first-order chi connectivity index (χ1) is 15.5. The number of benzene rings is 2. The molecule has 1 N–H and O–H groups in total. The van der Waals surface area contributed by atoms with Gasteiger partial charge in [0.2, 0.25) is 0 Å². The number of hydrogen-bond acceptors (Lipinski definition) is 3. The molecule has 4 nitrogen and oxygen atoms in total. The van der Waals surface area contributed by atoms with Gasteiger partial charge in [0.25, 0.3) is 5.91 Å². The van der Waals surface area contributed by atoms with Crippen LogP contribution in [0.4, 0.5) is 0 Å². The van der Waals surface area contributed by atoms with Crippen LogP contribution in [0.3, 0.4) is 0 Å². The van der Waals surface area contributed by atoms with Gasteiger partial charge in [-0.05, 0) is 98.4 Å². The summed E-state index contributed by atoms with van der Waals surface area (Å²) in [5.74, 6) is 2.58. The molecule has 0 radical (unpaired) electrons. The largest absolute Gasteiger partial charge is 0.422 e. The third-order valence-electron chi connectivity index (χ3n) is 8.45. The van der Waals surface area contributed by atoms with Crippen molar-refractivity contribution in [2.45, 2.75) is 51.5 Å². The van der Waals surface area contributed by atoms with Gasteiger partial charge in [-0.15, -0.1) is 0 Å². The summed E-state index contributed by atoms with van der Waals surface area (Å²) in [4.78, 5) is 25.5. The Bertz CT molecular complexity index is 1200. The number of hydrogen-bond donors (Lipinski definition) is 1. The fraction of sp³-hybridized carbons (Fsp3) is 0.429.